The number of hydrogen-bond acceptors (Lipinski definition) is 4. The molecule has 1 saturated heterocycles. The van der Waals surface area contributed by atoms with Crippen molar-refractivity contribution in [3.8, 4) is 0 Å². The first-order valence-electron chi connectivity index (χ1n) is 8.07. The Morgan fingerprint density at radius 3 is 2.65 bits per heavy atom. The van der Waals surface area contributed by atoms with E-state index in [4.69, 9.17) is 0 Å². The van der Waals surface area contributed by atoms with E-state index in [1.165, 1.54) is 0 Å². The van der Waals surface area contributed by atoms with E-state index in [2.05, 4.69) is 20.9 Å². The highest BCUT2D eigenvalue weighted by atomic mass is 16.2. The van der Waals surface area contributed by atoms with Crippen molar-refractivity contribution in [2.45, 2.75) is 38.3 Å². The number of aromatic nitrogens is 3. The van der Waals surface area contributed by atoms with Crippen LogP contribution in [-0.4, -0.2) is 34.0 Å². The van der Waals surface area contributed by atoms with Gasteiger partial charge in [0.1, 0.15) is 0 Å². The fourth-order valence-corrected chi connectivity index (χ4v) is 2.91. The molecule has 2 heterocycles. The fraction of sp³-hybridized carbons (Fsp3) is 0.471. The second-order valence-electron chi connectivity index (χ2n) is 6.51. The Morgan fingerprint density at radius 1 is 1.26 bits per heavy atom. The number of hydrogen-bond donors (Lipinski definition) is 2. The minimum absolute atomic E-state index is 0.195. The highest BCUT2D eigenvalue weighted by Gasteiger charge is 2.25. The number of piperidine rings is 1. The monoisotopic (exact) mass is 313 g/mol. The van der Waals surface area contributed by atoms with Crippen molar-refractivity contribution in [3.05, 3.63) is 47.8 Å². The zero-order valence-corrected chi connectivity index (χ0v) is 13.6. The van der Waals surface area contributed by atoms with Gasteiger partial charge in [-0.05, 0) is 45.3 Å². The van der Waals surface area contributed by atoms with Gasteiger partial charge in [0.05, 0.1) is 17.8 Å². The highest BCUT2D eigenvalue weighted by Crippen LogP contribution is 2.21. The average Bonchev–Trinajstić information content (AvgIpc) is 3.06. The lowest BCUT2D eigenvalue weighted by molar-refractivity contribution is 0.0906. The molecule has 0 saturated carbocycles. The molecule has 6 heteroatoms. The fourth-order valence-electron chi connectivity index (χ4n) is 2.91. The molecule has 1 fully saturated rings. The summed E-state index contributed by atoms with van der Waals surface area (Å²) in [5.41, 5.74) is 0.961. The third-order valence-electron chi connectivity index (χ3n) is 4.35. The first kappa shape index (κ1) is 15.7. The van der Waals surface area contributed by atoms with Crippen molar-refractivity contribution in [1.82, 2.24) is 25.6 Å². The van der Waals surface area contributed by atoms with Gasteiger partial charge >= 0.3 is 0 Å². The molecular formula is C17H23N5O. The number of benzene rings is 1. The smallest absolute Gasteiger partial charge is 0.274 e. The maximum atomic E-state index is 12.5. The summed E-state index contributed by atoms with van der Waals surface area (Å²) in [5, 5.41) is 14.6. The number of amides is 1. The van der Waals surface area contributed by atoms with E-state index in [9.17, 15) is 4.79 Å². The van der Waals surface area contributed by atoms with Crippen molar-refractivity contribution in [3.63, 3.8) is 0 Å². The molecule has 1 aliphatic heterocycles. The lowest BCUT2D eigenvalue weighted by atomic mass is 9.94. The normalized spacial score (nSPS) is 16.3. The predicted molar refractivity (Wildman–Crippen MR) is 88.1 cm³/mol. The largest absolute Gasteiger partial charge is 0.342 e. The first-order chi connectivity index (χ1) is 11.1. The molecule has 23 heavy (non-hydrogen) atoms. The molecule has 3 rings (SSSR count). The predicted octanol–water partition coefficient (Wildman–Crippen LogP) is 1.87. The van der Waals surface area contributed by atoms with Gasteiger partial charge < -0.3 is 10.6 Å². The SMILES string of the molecule is CC(C)(NC(=O)c1cn(C2CCNCC2)nn1)c1ccccc1. The van der Waals surface area contributed by atoms with E-state index >= 15 is 0 Å². The van der Waals surface area contributed by atoms with Crippen LogP contribution in [0.2, 0.25) is 0 Å². The number of carbonyl (C=O) groups excluding carboxylic acids is 1. The Bertz CT molecular complexity index is 659. The molecule has 1 amide bonds. The molecule has 1 aromatic carbocycles. The van der Waals surface area contributed by atoms with E-state index in [0.29, 0.717) is 11.7 Å². The van der Waals surface area contributed by atoms with E-state index in [0.717, 1.165) is 31.5 Å². The molecule has 2 aromatic rings. The lowest BCUT2D eigenvalue weighted by Crippen LogP contribution is -2.41. The Balaban J connectivity index is 1.70. The minimum atomic E-state index is -0.461. The van der Waals surface area contributed by atoms with Crippen LogP contribution in [0.1, 0.15) is 48.8 Å². The minimum Gasteiger partial charge on any atom is -0.342 e. The molecule has 122 valence electrons. The van der Waals surface area contributed by atoms with Gasteiger partial charge in [-0.15, -0.1) is 5.10 Å². The molecule has 0 aliphatic carbocycles. The van der Waals surface area contributed by atoms with Crippen molar-refractivity contribution in [2.75, 3.05) is 13.1 Å². The lowest BCUT2D eigenvalue weighted by Gasteiger charge is -2.26. The van der Waals surface area contributed by atoms with E-state index < -0.39 is 5.54 Å². The van der Waals surface area contributed by atoms with E-state index in [-0.39, 0.29) is 5.91 Å². The van der Waals surface area contributed by atoms with Crippen molar-refractivity contribution < 1.29 is 4.79 Å². The molecule has 0 spiro atoms. The van der Waals surface area contributed by atoms with Crippen molar-refractivity contribution in [1.29, 1.82) is 0 Å². The van der Waals surface area contributed by atoms with Crippen molar-refractivity contribution >= 4 is 5.91 Å². The summed E-state index contributed by atoms with van der Waals surface area (Å²) >= 11 is 0. The maximum Gasteiger partial charge on any atom is 0.274 e. The Hall–Kier alpha value is -2.21. The van der Waals surface area contributed by atoms with Crippen LogP contribution in [0.5, 0.6) is 0 Å². The van der Waals surface area contributed by atoms with Crippen LogP contribution in [-0.2, 0) is 5.54 Å². The van der Waals surface area contributed by atoms with Crippen LogP contribution >= 0.6 is 0 Å². The van der Waals surface area contributed by atoms with Gasteiger partial charge in [0.25, 0.3) is 5.91 Å². The van der Waals surface area contributed by atoms with Gasteiger partial charge in [0.2, 0.25) is 0 Å². The van der Waals surface area contributed by atoms with E-state index in [1.807, 2.05) is 48.9 Å². The standard InChI is InChI=1S/C17H23N5O/c1-17(2,13-6-4-3-5-7-13)19-16(23)15-12-22(21-20-15)14-8-10-18-11-9-14/h3-7,12,14,18H,8-11H2,1-2H3,(H,19,23). The van der Waals surface area contributed by atoms with Gasteiger partial charge in [-0.1, -0.05) is 35.5 Å². The van der Waals surface area contributed by atoms with Crippen LogP contribution in [0.25, 0.3) is 0 Å². The maximum absolute atomic E-state index is 12.5. The summed E-state index contributed by atoms with van der Waals surface area (Å²) in [5.74, 6) is -0.195. The number of carbonyl (C=O) groups is 1. The Labute approximate surface area is 136 Å². The van der Waals surface area contributed by atoms with Crippen LogP contribution in [0, 0.1) is 0 Å². The molecule has 1 aromatic heterocycles. The topological polar surface area (TPSA) is 71.8 Å². The third-order valence-corrected chi connectivity index (χ3v) is 4.35. The van der Waals surface area contributed by atoms with Crippen molar-refractivity contribution in [2.24, 2.45) is 0 Å². The van der Waals surface area contributed by atoms with Gasteiger partial charge in [0.15, 0.2) is 5.69 Å². The molecule has 0 atom stereocenters. The van der Waals surface area contributed by atoms with Gasteiger partial charge in [-0.25, -0.2) is 4.68 Å². The van der Waals surface area contributed by atoms with Crippen LogP contribution in [0.3, 0.4) is 0 Å². The molecule has 0 radical (unpaired) electrons. The number of nitrogens with zero attached hydrogens (tertiary/aromatic N) is 3. The highest BCUT2D eigenvalue weighted by molar-refractivity contribution is 5.92. The molecule has 6 nitrogen and oxygen atoms in total. The average molecular weight is 313 g/mol. The zero-order chi connectivity index (χ0) is 16.3. The summed E-state index contributed by atoms with van der Waals surface area (Å²) in [6, 6.07) is 10.2. The summed E-state index contributed by atoms with van der Waals surface area (Å²) < 4.78 is 1.82. The number of nitrogens with one attached hydrogen (secondary N) is 2. The Morgan fingerprint density at radius 2 is 1.96 bits per heavy atom. The second kappa shape index (κ2) is 6.50. The summed E-state index contributed by atoms with van der Waals surface area (Å²) in [4.78, 5) is 12.5. The van der Waals surface area contributed by atoms with Gasteiger partial charge in [0, 0.05) is 0 Å². The molecule has 2 N–H and O–H groups in total. The van der Waals surface area contributed by atoms with Crippen LogP contribution in [0.4, 0.5) is 0 Å². The summed E-state index contributed by atoms with van der Waals surface area (Å²) in [6.45, 7) is 5.93. The Kier molecular flexibility index (Phi) is 4.43. The van der Waals surface area contributed by atoms with Crippen LogP contribution < -0.4 is 10.6 Å². The first-order valence-corrected chi connectivity index (χ1v) is 8.07. The molecule has 0 unspecified atom stereocenters. The quantitative estimate of drug-likeness (QED) is 0.904. The summed E-state index contributed by atoms with van der Waals surface area (Å²) in [6.07, 6.45) is 3.78. The molecule has 0 bridgehead atoms. The third kappa shape index (κ3) is 3.59. The van der Waals surface area contributed by atoms with E-state index in [1.54, 1.807) is 6.20 Å². The van der Waals surface area contributed by atoms with Gasteiger partial charge in [-0.2, -0.15) is 0 Å². The van der Waals surface area contributed by atoms with Crippen LogP contribution in [0.15, 0.2) is 36.5 Å². The van der Waals surface area contributed by atoms with Gasteiger partial charge in [-0.3, -0.25) is 4.79 Å². The second-order valence-corrected chi connectivity index (χ2v) is 6.51. The summed E-state index contributed by atoms with van der Waals surface area (Å²) in [7, 11) is 0. The molecule has 1 aliphatic rings. The zero-order valence-electron chi connectivity index (χ0n) is 13.6. The number of rotatable bonds is 4. The molecular weight excluding hydrogens is 290 g/mol.